The van der Waals surface area contributed by atoms with Crippen molar-refractivity contribution in [2.75, 3.05) is 11.9 Å². The molecule has 0 aliphatic heterocycles. The molecule has 1 aromatic carbocycles. The lowest BCUT2D eigenvalue weighted by Gasteiger charge is -2.07. The van der Waals surface area contributed by atoms with E-state index < -0.39 is 0 Å². The van der Waals surface area contributed by atoms with Gasteiger partial charge in [0.05, 0.1) is 6.20 Å². The Morgan fingerprint density at radius 1 is 1.24 bits per heavy atom. The summed E-state index contributed by atoms with van der Waals surface area (Å²) >= 11 is 0. The van der Waals surface area contributed by atoms with Gasteiger partial charge < -0.3 is 15.1 Å². The summed E-state index contributed by atoms with van der Waals surface area (Å²) in [4.78, 5) is 20.2. The van der Waals surface area contributed by atoms with Gasteiger partial charge in [-0.1, -0.05) is 13.8 Å². The van der Waals surface area contributed by atoms with E-state index in [0.717, 1.165) is 17.1 Å². The van der Waals surface area contributed by atoms with Gasteiger partial charge in [0.1, 0.15) is 17.9 Å². The number of benzene rings is 1. The standard InChI is InChI=1S/C17H20N6O2/c1-11(2)14-9-19-16(25-14)12-3-5-13(6-4-12)22-17(24)18-8-7-15-20-10-21-23-15/h3-6,9-11H,7-8H2,1-2H3,(H2,18,22,24)(H,20,21,23). The predicted molar refractivity (Wildman–Crippen MR) is 93.1 cm³/mol. The summed E-state index contributed by atoms with van der Waals surface area (Å²) < 4.78 is 5.72. The molecule has 3 N–H and O–H groups in total. The molecule has 8 nitrogen and oxygen atoms in total. The van der Waals surface area contributed by atoms with Crippen LogP contribution in [0.1, 0.15) is 31.4 Å². The van der Waals surface area contributed by atoms with Crippen molar-refractivity contribution in [2.45, 2.75) is 26.2 Å². The van der Waals surface area contributed by atoms with Gasteiger partial charge in [-0.05, 0) is 24.3 Å². The Labute approximate surface area is 145 Å². The van der Waals surface area contributed by atoms with E-state index in [9.17, 15) is 4.79 Å². The number of nitrogens with zero attached hydrogens (tertiary/aromatic N) is 3. The van der Waals surface area contributed by atoms with Gasteiger partial charge in [-0.15, -0.1) is 0 Å². The molecule has 0 bridgehead atoms. The number of oxazole rings is 1. The molecule has 3 rings (SSSR count). The van der Waals surface area contributed by atoms with Gasteiger partial charge in [0.2, 0.25) is 5.89 Å². The fourth-order valence-corrected chi connectivity index (χ4v) is 2.20. The van der Waals surface area contributed by atoms with E-state index >= 15 is 0 Å². The van der Waals surface area contributed by atoms with Crippen LogP contribution in [0, 0.1) is 0 Å². The lowest BCUT2D eigenvalue weighted by Crippen LogP contribution is -2.30. The Kier molecular flexibility index (Phi) is 5.08. The molecule has 130 valence electrons. The van der Waals surface area contributed by atoms with Gasteiger partial charge in [0.15, 0.2) is 0 Å². The van der Waals surface area contributed by atoms with Crippen molar-refractivity contribution in [1.29, 1.82) is 0 Å². The third kappa shape index (κ3) is 4.43. The number of hydrogen-bond donors (Lipinski definition) is 3. The molecule has 0 unspecified atom stereocenters. The molecule has 0 atom stereocenters. The molecule has 0 radical (unpaired) electrons. The Morgan fingerprint density at radius 2 is 2.04 bits per heavy atom. The number of H-pyrrole nitrogens is 1. The predicted octanol–water partition coefficient (Wildman–Crippen LogP) is 2.95. The molecule has 3 aromatic rings. The summed E-state index contributed by atoms with van der Waals surface area (Å²) in [5, 5.41) is 12.0. The molecule has 2 amide bonds. The summed E-state index contributed by atoms with van der Waals surface area (Å²) in [6, 6.07) is 7.07. The largest absolute Gasteiger partial charge is 0.441 e. The second-order valence-corrected chi connectivity index (χ2v) is 5.86. The van der Waals surface area contributed by atoms with Crippen molar-refractivity contribution in [1.82, 2.24) is 25.5 Å². The van der Waals surface area contributed by atoms with Gasteiger partial charge in [0.25, 0.3) is 0 Å². The van der Waals surface area contributed by atoms with Crippen molar-refractivity contribution in [3.05, 3.63) is 48.4 Å². The maximum absolute atomic E-state index is 11.9. The zero-order valence-electron chi connectivity index (χ0n) is 14.1. The van der Waals surface area contributed by atoms with E-state index in [1.807, 2.05) is 24.3 Å². The highest BCUT2D eigenvalue weighted by Crippen LogP contribution is 2.24. The van der Waals surface area contributed by atoms with Crippen LogP contribution in [-0.4, -0.2) is 32.7 Å². The number of nitrogens with one attached hydrogen (secondary N) is 3. The van der Waals surface area contributed by atoms with E-state index in [0.29, 0.717) is 30.5 Å². The van der Waals surface area contributed by atoms with Crippen LogP contribution in [0.5, 0.6) is 0 Å². The quantitative estimate of drug-likeness (QED) is 0.639. The molecule has 0 saturated carbocycles. The SMILES string of the molecule is CC(C)c1cnc(-c2ccc(NC(=O)NCCc3ncn[nH]3)cc2)o1. The van der Waals surface area contributed by atoms with Crippen LogP contribution in [0.15, 0.2) is 41.2 Å². The zero-order valence-corrected chi connectivity index (χ0v) is 14.1. The first-order chi connectivity index (χ1) is 12.1. The van der Waals surface area contributed by atoms with Crippen molar-refractivity contribution in [3.8, 4) is 11.5 Å². The van der Waals surface area contributed by atoms with Gasteiger partial charge in [0, 0.05) is 30.1 Å². The summed E-state index contributed by atoms with van der Waals surface area (Å²) in [5.74, 6) is 2.45. The van der Waals surface area contributed by atoms with Crippen LogP contribution >= 0.6 is 0 Å². The smallest absolute Gasteiger partial charge is 0.319 e. The van der Waals surface area contributed by atoms with Crippen molar-refractivity contribution < 1.29 is 9.21 Å². The number of urea groups is 1. The number of anilines is 1. The van der Waals surface area contributed by atoms with Gasteiger partial charge in [-0.25, -0.2) is 14.8 Å². The number of hydrogen-bond acceptors (Lipinski definition) is 5. The molecule has 0 aliphatic rings. The fourth-order valence-electron chi connectivity index (χ4n) is 2.20. The average Bonchev–Trinajstić information content (AvgIpc) is 3.27. The lowest BCUT2D eigenvalue weighted by atomic mass is 10.2. The van der Waals surface area contributed by atoms with Crippen LogP contribution < -0.4 is 10.6 Å². The second kappa shape index (κ2) is 7.61. The molecule has 0 fully saturated rings. The maximum Gasteiger partial charge on any atom is 0.319 e. The molecular formula is C17H20N6O2. The van der Waals surface area contributed by atoms with Crippen LogP contribution in [0.4, 0.5) is 10.5 Å². The lowest BCUT2D eigenvalue weighted by molar-refractivity contribution is 0.252. The van der Waals surface area contributed by atoms with Crippen LogP contribution in [0.2, 0.25) is 0 Å². The third-order valence-electron chi connectivity index (χ3n) is 3.59. The Balaban J connectivity index is 1.52. The normalized spacial score (nSPS) is 10.8. The van der Waals surface area contributed by atoms with Crippen LogP contribution in [0.3, 0.4) is 0 Å². The van der Waals surface area contributed by atoms with E-state index in [4.69, 9.17) is 4.42 Å². The number of amides is 2. The van der Waals surface area contributed by atoms with E-state index in [1.54, 1.807) is 6.20 Å². The topological polar surface area (TPSA) is 109 Å². The highest BCUT2D eigenvalue weighted by molar-refractivity contribution is 5.89. The summed E-state index contributed by atoms with van der Waals surface area (Å²) in [6.07, 6.45) is 3.78. The molecule has 2 heterocycles. The molecule has 8 heteroatoms. The fraction of sp³-hybridized carbons (Fsp3) is 0.294. The number of aromatic nitrogens is 4. The van der Waals surface area contributed by atoms with Crippen molar-refractivity contribution in [2.24, 2.45) is 0 Å². The highest BCUT2D eigenvalue weighted by atomic mass is 16.4. The van der Waals surface area contributed by atoms with E-state index in [1.165, 1.54) is 6.33 Å². The van der Waals surface area contributed by atoms with Gasteiger partial charge in [-0.2, -0.15) is 5.10 Å². The Hall–Kier alpha value is -3.16. The first kappa shape index (κ1) is 16.7. The van der Waals surface area contributed by atoms with E-state index in [-0.39, 0.29) is 6.03 Å². The minimum atomic E-state index is -0.273. The molecule has 0 spiro atoms. The minimum absolute atomic E-state index is 0.273. The van der Waals surface area contributed by atoms with Crippen LogP contribution in [-0.2, 0) is 6.42 Å². The van der Waals surface area contributed by atoms with Gasteiger partial charge >= 0.3 is 6.03 Å². The third-order valence-corrected chi connectivity index (χ3v) is 3.59. The molecular weight excluding hydrogens is 320 g/mol. The van der Waals surface area contributed by atoms with Gasteiger partial charge in [-0.3, -0.25) is 5.10 Å². The Bertz CT molecular complexity index is 808. The summed E-state index contributed by atoms with van der Waals surface area (Å²) in [5.41, 5.74) is 1.56. The first-order valence-electron chi connectivity index (χ1n) is 8.07. The monoisotopic (exact) mass is 340 g/mol. The molecule has 25 heavy (non-hydrogen) atoms. The Morgan fingerprint density at radius 3 is 2.68 bits per heavy atom. The van der Waals surface area contributed by atoms with E-state index in [2.05, 4.69) is 44.6 Å². The number of rotatable bonds is 6. The summed E-state index contributed by atoms with van der Waals surface area (Å²) in [7, 11) is 0. The van der Waals surface area contributed by atoms with Crippen molar-refractivity contribution in [3.63, 3.8) is 0 Å². The number of carbonyl (C=O) groups is 1. The van der Waals surface area contributed by atoms with Crippen LogP contribution in [0.25, 0.3) is 11.5 Å². The molecule has 0 aliphatic carbocycles. The highest BCUT2D eigenvalue weighted by Gasteiger charge is 2.09. The molecule has 0 saturated heterocycles. The number of aromatic amines is 1. The van der Waals surface area contributed by atoms with Crippen molar-refractivity contribution >= 4 is 11.7 Å². The zero-order chi connectivity index (χ0) is 17.6. The molecule has 2 aromatic heterocycles. The average molecular weight is 340 g/mol. The summed E-state index contributed by atoms with van der Waals surface area (Å²) in [6.45, 7) is 4.57. The number of carbonyl (C=O) groups excluding carboxylic acids is 1. The minimum Gasteiger partial charge on any atom is -0.441 e. The first-order valence-corrected chi connectivity index (χ1v) is 8.07. The second-order valence-electron chi connectivity index (χ2n) is 5.86. The maximum atomic E-state index is 11.9.